The Morgan fingerprint density at radius 2 is 2.24 bits per heavy atom. The highest BCUT2D eigenvalue weighted by atomic mass is 16.2. The smallest absolute Gasteiger partial charge is 0.234 e. The van der Waals surface area contributed by atoms with Crippen LogP contribution >= 0.6 is 0 Å². The van der Waals surface area contributed by atoms with Crippen LogP contribution in [0.3, 0.4) is 0 Å². The summed E-state index contributed by atoms with van der Waals surface area (Å²) in [4.78, 5) is 14.1. The second kappa shape index (κ2) is 6.36. The molecule has 2 rings (SSSR count). The zero-order valence-corrected chi connectivity index (χ0v) is 10.9. The SMILES string of the molecule is CCN(CC(=O)NCC1CC1)C1CCCNC1. The number of hydrogen-bond acceptors (Lipinski definition) is 3. The van der Waals surface area contributed by atoms with Crippen molar-refractivity contribution < 1.29 is 4.79 Å². The largest absolute Gasteiger partial charge is 0.355 e. The van der Waals surface area contributed by atoms with Gasteiger partial charge in [-0.05, 0) is 44.7 Å². The van der Waals surface area contributed by atoms with Gasteiger partial charge in [0.2, 0.25) is 5.91 Å². The van der Waals surface area contributed by atoms with Crippen molar-refractivity contribution in [1.29, 1.82) is 0 Å². The third-order valence-electron chi connectivity index (χ3n) is 3.82. The van der Waals surface area contributed by atoms with E-state index >= 15 is 0 Å². The summed E-state index contributed by atoms with van der Waals surface area (Å²) in [5.41, 5.74) is 0. The predicted octanol–water partition coefficient (Wildman–Crippen LogP) is 0.587. The summed E-state index contributed by atoms with van der Waals surface area (Å²) in [7, 11) is 0. The minimum atomic E-state index is 0.198. The predicted molar refractivity (Wildman–Crippen MR) is 68.9 cm³/mol. The van der Waals surface area contributed by atoms with Crippen LogP contribution in [-0.2, 0) is 4.79 Å². The van der Waals surface area contributed by atoms with Gasteiger partial charge in [0.05, 0.1) is 6.54 Å². The quantitative estimate of drug-likeness (QED) is 0.713. The van der Waals surface area contributed by atoms with Gasteiger partial charge in [-0.15, -0.1) is 0 Å². The normalized spacial score (nSPS) is 24.9. The van der Waals surface area contributed by atoms with Crippen molar-refractivity contribution in [2.45, 2.75) is 38.6 Å². The zero-order valence-electron chi connectivity index (χ0n) is 10.9. The second-order valence-electron chi connectivity index (χ2n) is 5.31. The van der Waals surface area contributed by atoms with Gasteiger partial charge in [-0.25, -0.2) is 0 Å². The number of likely N-dealkylation sites (N-methyl/N-ethyl adjacent to an activating group) is 1. The summed E-state index contributed by atoms with van der Waals surface area (Å²) in [6.45, 7) is 6.71. The van der Waals surface area contributed by atoms with Crippen LogP contribution in [0, 0.1) is 5.92 Å². The highest BCUT2D eigenvalue weighted by molar-refractivity contribution is 5.78. The molecule has 1 atom stereocenters. The molecule has 4 heteroatoms. The van der Waals surface area contributed by atoms with Gasteiger partial charge < -0.3 is 10.6 Å². The Kier molecular flexibility index (Phi) is 4.80. The maximum Gasteiger partial charge on any atom is 0.234 e. The molecule has 0 aromatic carbocycles. The molecule has 0 spiro atoms. The van der Waals surface area contributed by atoms with E-state index < -0.39 is 0 Å². The molecule has 1 aliphatic heterocycles. The van der Waals surface area contributed by atoms with E-state index in [9.17, 15) is 4.79 Å². The molecule has 4 nitrogen and oxygen atoms in total. The fourth-order valence-corrected chi connectivity index (χ4v) is 2.46. The average molecular weight is 239 g/mol. The van der Waals surface area contributed by atoms with Crippen molar-refractivity contribution in [3.05, 3.63) is 0 Å². The van der Waals surface area contributed by atoms with E-state index in [1.165, 1.54) is 25.7 Å². The van der Waals surface area contributed by atoms with Crippen molar-refractivity contribution >= 4 is 5.91 Å². The summed E-state index contributed by atoms with van der Waals surface area (Å²) in [6.07, 6.45) is 5.04. The lowest BCUT2D eigenvalue weighted by molar-refractivity contribution is -0.122. The van der Waals surface area contributed by atoms with Crippen molar-refractivity contribution in [1.82, 2.24) is 15.5 Å². The van der Waals surface area contributed by atoms with Crippen molar-refractivity contribution in [3.63, 3.8) is 0 Å². The number of nitrogens with zero attached hydrogens (tertiary/aromatic N) is 1. The van der Waals surface area contributed by atoms with Gasteiger partial charge in [0.25, 0.3) is 0 Å². The molecule has 17 heavy (non-hydrogen) atoms. The highest BCUT2D eigenvalue weighted by Gasteiger charge is 2.24. The molecule has 2 N–H and O–H groups in total. The molecule has 1 aliphatic carbocycles. The molecule has 1 unspecified atom stereocenters. The van der Waals surface area contributed by atoms with E-state index in [1.54, 1.807) is 0 Å². The topological polar surface area (TPSA) is 44.4 Å². The standard InChI is InChI=1S/C13H25N3O/c1-2-16(12-4-3-7-14-9-12)10-13(17)15-8-11-5-6-11/h11-12,14H,2-10H2,1H3,(H,15,17). The van der Waals surface area contributed by atoms with Crippen molar-refractivity contribution in [2.24, 2.45) is 5.92 Å². The van der Waals surface area contributed by atoms with Gasteiger partial charge in [0.1, 0.15) is 0 Å². The van der Waals surface area contributed by atoms with Gasteiger partial charge in [-0.3, -0.25) is 9.69 Å². The number of carbonyl (C=O) groups is 1. The first-order valence-corrected chi connectivity index (χ1v) is 7.01. The van der Waals surface area contributed by atoms with E-state index in [0.29, 0.717) is 12.6 Å². The minimum Gasteiger partial charge on any atom is -0.355 e. The highest BCUT2D eigenvalue weighted by Crippen LogP contribution is 2.27. The maximum absolute atomic E-state index is 11.8. The molecule has 0 aromatic rings. The third-order valence-corrected chi connectivity index (χ3v) is 3.82. The van der Waals surface area contributed by atoms with Crippen molar-refractivity contribution in [3.8, 4) is 0 Å². The van der Waals surface area contributed by atoms with E-state index in [0.717, 1.165) is 32.1 Å². The summed E-state index contributed by atoms with van der Waals surface area (Å²) < 4.78 is 0. The number of piperidine rings is 1. The van der Waals surface area contributed by atoms with Gasteiger partial charge in [0, 0.05) is 19.1 Å². The molecule has 0 radical (unpaired) electrons. The van der Waals surface area contributed by atoms with Crippen LogP contribution in [0.5, 0.6) is 0 Å². The zero-order chi connectivity index (χ0) is 12.1. The lowest BCUT2D eigenvalue weighted by Crippen LogP contribution is -2.49. The molecule has 2 aliphatic rings. The molecular weight excluding hydrogens is 214 g/mol. The molecule has 98 valence electrons. The molecule has 1 heterocycles. The number of hydrogen-bond donors (Lipinski definition) is 2. The van der Waals surface area contributed by atoms with E-state index in [-0.39, 0.29) is 5.91 Å². The summed E-state index contributed by atoms with van der Waals surface area (Å²) in [5, 5.41) is 6.46. The van der Waals surface area contributed by atoms with Gasteiger partial charge in [-0.1, -0.05) is 6.92 Å². The molecule has 2 fully saturated rings. The van der Waals surface area contributed by atoms with Gasteiger partial charge in [-0.2, -0.15) is 0 Å². The monoisotopic (exact) mass is 239 g/mol. The Bertz CT molecular complexity index is 247. The molecule has 0 bridgehead atoms. The first kappa shape index (κ1) is 12.8. The molecular formula is C13H25N3O. The van der Waals surface area contributed by atoms with E-state index in [4.69, 9.17) is 0 Å². The Balaban J connectivity index is 1.70. The van der Waals surface area contributed by atoms with Gasteiger partial charge >= 0.3 is 0 Å². The third kappa shape index (κ3) is 4.28. The lowest BCUT2D eigenvalue weighted by Gasteiger charge is -2.33. The lowest BCUT2D eigenvalue weighted by atomic mass is 10.1. The number of nitrogens with one attached hydrogen (secondary N) is 2. The van der Waals surface area contributed by atoms with Gasteiger partial charge in [0.15, 0.2) is 0 Å². The maximum atomic E-state index is 11.8. The van der Waals surface area contributed by atoms with Crippen LogP contribution in [-0.4, -0.2) is 49.6 Å². The van der Waals surface area contributed by atoms with Crippen LogP contribution in [0.15, 0.2) is 0 Å². The summed E-state index contributed by atoms with van der Waals surface area (Å²) in [6, 6.07) is 0.542. The minimum absolute atomic E-state index is 0.198. The number of carbonyl (C=O) groups excluding carboxylic acids is 1. The van der Waals surface area contributed by atoms with Crippen LogP contribution in [0.2, 0.25) is 0 Å². The van der Waals surface area contributed by atoms with Crippen LogP contribution in [0.4, 0.5) is 0 Å². The van der Waals surface area contributed by atoms with Crippen LogP contribution in [0.25, 0.3) is 0 Å². The Labute approximate surface area is 104 Å². The Morgan fingerprint density at radius 1 is 1.41 bits per heavy atom. The van der Waals surface area contributed by atoms with E-state index in [2.05, 4.69) is 22.5 Å². The van der Waals surface area contributed by atoms with Crippen molar-refractivity contribution in [2.75, 3.05) is 32.7 Å². The molecule has 1 saturated carbocycles. The average Bonchev–Trinajstić information content (AvgIpc) is 3.18. The first-order chi connectivity index (χ1) is 8.29. The fourth-order valence-electron chi connectivity index (χ4n) is 2.46. The van der Waals surface area contributed by atoms with Crippen LogP contribution < -0.4 is 10.6 Å². The summed E-state index contributed by atoms with van der Waals surface area (Å²) in [5.74, 6) is 0.967. The molecule has 1 amide bonds. The Morgan fingerprint density at radius 3 is 2.82 bits per heavy atom. The summed E-state index contributed by atoms with van der Waals surface area (Å²) >= 11 is 0. The van der Waals surface area contributed by atoms with E-state index in [1.807, 2.05) is 0 Å². The van der Waals surface area contributed by atoms with Crippen LogP contribution in [0.1, 0.15) is 32.6 Å². The fraction of sp³-hybridized carbons (Fsp3) is 0.923. The Hall–Kier alpha value is -0.610. The molecule has 0 aromatic heterocycles. The number of amides is 1. The second-order valence-corrected chi connectivity index (χ2v) is 5.31. The molecule has 1 saturated heterocycles. The first-order valence-electron chi connectivity index (χ1n) is 7.01. The number of rotatable bonds is 6.